The van der Waals surface area contributed by atoms with Crippen LogP contribution < -0.4 is 10.6 Å². The summed E-state index contributed by atoms with van der Waals surface area (Å²) in [5, 5.41) is 5.54. The Labute approximate surface area is 113 Å². The number of amides is 2. The molecule has 19 heavy (non-hydrogen) atoms. The largest absolute Gasteiger partial charge is 0.343 e. The summed E-state index contributed by atoms with van der Waals surface area (Å²) in [4.78, 5) is 36.6. The molecule has 2 atom stereocenters. The van der Waals surface area contributed by atoms with Gasteiger partial charge in [-0.05, 0) is 26.0 Å². The predicted octanol–water partition coefficient (Wildman–Crippen LogP) is -0.340. The molecular formula is C13H21N3O3. The number of carbonyl (C=O) groups excluding carboxylic acids is 3. The lowest BCUT2D eigenvalue weighted by molar-refractivity contribution is -0.136. The molecule has 1 rings (SSSR count). The van der Waals surface area contributed by atoms with E-state index < -0.39 is 6.04 Å². The molecule has 0 fully saturated rings. The van der Waals surface area contributed by atoms with E-state index >= 15 is 0 Å². The van der Waals surface area contributed by atoms with Gasteiger partial charge in [0.2, 0.25) is 11.8 Å². The van der Waals surface area contributed by atoms with Crippen LogP contribution in [0.15, 0.2) is 12.3 Å². The molecule has 6 nitrogen and oxygen atoms in total. The highest BCUT2D eigenvalue weighted by atomic mass is 16.2. The van der Waals surface area contributed by atoms with E-state index in [2.05, 4.69) is 10.6 Å². The van der Waals surface area contributed by atoms with Gasteiger partial charge in [0, 0.05) is 6.20 Å². The second-order valence-electron chi connectivity index (χ2n) is 4.99. The van der Waals surface area contributed by atoms with Gasteiger partial charge < -0.3 is 15.5 Å². The second-order valence-corrected chi connectivity index (χ2v) is 4.99. The van der Waals surface area contributed by atoms with Crippen molar-refractivity contribution in [1.82, 2.24) is 15.5 Å². The maximum atomic E-state index is 12.3. The van der Waals surface area contributed by atoms with Crippen LogP contribution in [0.1, 0.15) is 20.8 Å². The molecule has 0 aliphatic carbocycles. The van der Waals surface area contributed by atoms with Crippen LogP contribution in [0, 0.1) is 5.92 Å². The van der Waals surface area contributed by atoms with Gasteiger partial charge in [0.25, 0.3) is 0 Å². The van der Waals surface area contributed by atoms with Gasteiger partial charge in [0.15, 0.2) is 5.78 Å². The molecule has 0 aromatic rings. The van der Waals surface area contributed by atoms with Crippen molar-refractivity contribution in [3.05, 3.63) is 12.3 Å². The minimum Gasteiger partial charge on any atom is -0.343 e. The van der Waals surface area contributed by atoms with Gasteiger partial charge in [-0.3, -0.25) is 14.4 Å². The van der Waals surface area contributed by atoms with Crippen molar-refractivity contribution < 1.29 is 14.4 Å². The van der Waals surface area contributed by atoms with Gasteiger partial charge in [-0.1, -0.05) is 13.8 Å². The van der Waals surface area contributed by atoms with Crippen molar-refractivity contribution in [2.24, 2.45) is 5.92 Å². The topological polar surface area (TPSA) is 78.5 Å². The van der Waals surface area contributed by atoms with Crippen molar-refractivity contribution >= 4 is 17.6 Å². The van der Waals surface area contributed by atoms with Crippen molar-refractivity contribution in [2.45, 2.75) is 32.9 Å². The number of nitrogens with zero attached hydrogens (tertiary/aromatic N) is 1. The number of rotatable bonds is 5. The summed E-state index contributed by atoms with van der Waals surface area (Å²) in [5.74, 6) is -0.645. The fourth-order valence-electron chi connectivity index (χ4n) is 1.70. The molecule has 2 unspecified atom stereocenters. The number of nitrogens with one attached hydrogen (secondary N) is 2. The number of hydrogen-bond donors (Lipinski definition) is 2. The van der Waals surface area contributed by atoms with Gasteiger partial charge in [-0.15, -0.1) is 0 Å². The zero-order valence-corrected chi connectivity index (χ0v) is 11.8. The van der Waals surface area contributed by atoms with E-state index in [4.69, 9.17) is 0 Å². The Morgan fingerprint density at radius 2 is 1.95 bits per heavy atom. The molecule has 106 valence electrons. The van der Waals surface area contributed by atoms with Gasteiger partial charge in [-0.25, -0.2) is 0 Å². The third kappa shape index (κ3) is 3.89. The van der Waals surface area contributed by atoms with Gasteiger partial charge in [0.1, 0.15) is 6.04 Å². The van der Waals surface area contributed by atoms with Crippen molar-refractivity contribution in [3.63, 3.8) is 0 Å². The molecule has 0 spiro atoms. The van der Waals surface area contributed by atoms with Gasteiger partial charge in [-0.2, -0.15) is 0 Å². The summed E-state index contributed by atoms with van der Waals surface area (Å²) in [6.45, 7) is 5.49. The van der Waals surface area contributed by atoms with Crippen LogP contribution >= 0.6 is 0 Å². The van der Waals surface area contributed by atoms with Gasteiger partial charge in [0.05, 0.1) is 12.6 Å². The maximum absolute atomic E-state index is 12.3. The molecule has 0 saturated heterocycles. The number of likely N-dealkylation sites (N-methyl/N-ethyl adjacent to an activating group) is 1. The van der Waals surface area contributed by atoms with E-state index in [0.717, 1.165) is 0 Å². The molecule has 0 radical (unpaired) electrons. The Morgan fingerprint density at radius 1 is 1.32 bits per heavy atom. The molecule has 1 aliphatic rings. The van der Waals surface area contributed by atoms with E-state index in [9.17, 15) is 14.4 Å². The summed E-state index contributed by atoms with van der Waals surface area (Å²) >= 11 is 0. The third-order valence-electron chi connectivity index (χ3n) is 3.11. The third-order valence-corrected chi connectivity index (χ3v) is 3.11. The molecule has 2 amide bonds. The van der Waals surface area contributed by atoms with Crippen LogP contribution in [0.5, 0.6) is 0 Å². The van der Waals surface area contributed by atoms with Crippen LogP contribution in [-0.2, 0) is 14.4 Å². The lowest BCUT2D eigenvalue weighted by atomic mass is 10.0. The molecule has 0 bridgehead atoms. The Kier molecular flexibility index (Phi) is 5.23. The molecule has 2 N–H and O–H groups in total. The van der Waals surface area contributed by atoms with E-state index in [1.54, 1.807) is 14.0 Å². The van der Waals surface area contributed by atoms with E-state index in [-0.39, 0.29) is 36.1 Å². The van der Waals surface area contributed by atoms with Crippen LogP contribution in [0.3, 0.4) is 0 Å². The SMILES string of the molecule is CNC(C)C(=O)NC(C(=O)N1C=CC(=O)C1)C(C)C. The first-order valence-electron chi connectivity index (χ1n) is 6.36. The standard InChI is InChI=1S/C13H21N3O3/c1-8(2)11(15-12(18)9(3)14-4)13(19)16-6-5-10(17)7-16/h5-6,8-9,11,14H,7H2,1-4H3,(H,15,18). The highest BCUT2D eigenvalue weighted by molar-refractivity contribution is 5.99. The first-order valence-corrected chi connectivity index (χ1v) is 6.36. The molecule has 0 aromatic carbocycles. The Bertz CT molecular complexity index is 404. The van der Waals surface area contributed by atoms with Gasteiger partial charge >= 0.3 is 0 Å². The summed E-state index contributed by atoms with van der Waals surface area (Å²) < 4.78 is 0. The van der Waals surface area contributed by atoms with Crippen molar-refractivity contribution in [3.8, 4) is 0 Å². The number of carbonyl (C=O) groups is 3. The van der Waals surface area contributed by atoms with Crippen molar-refractivity contribution in [1.29, 1.82) is 0 Å². The second kappa shape index (κ2) is 6.47. The number of hydrogen-bond acceptors (Lipinski definition) is 4. The first-order chi connectivity index (χ1) is 8.86. The summed E-state index contributed by atoms with van der Waals surface area (Å²) in [7, 11) is 1.68. The summed E-state index contributed by atoms with van der Waals surface area (Å²) in [5.41, 5.74) is 0. The normalized spacial score (nSPS) is 17.7. The van der Waals surface area contributed by atoms with E-state index in [0.29, 0.717) is 0 Å². The summed E-state index contributed by atoms with van der Waals surface area (Å²) in [6.07, 6.45) is 2.83. The molecular weight excluding hydrogens is 246 g/mol. The smallest absolute Gasteiger partial charge is 0.249 e. The fourth-order valence-corrected chi connectivity index (χ4v) is 1.70. The molecule has 1 aliphatic heterocycles. The molecule has 1 heterocycles. The highest BCUT2D eigenvalue weighted by Crippen LogP contribution is 2.10. The van der Waals surface area contributed by atoms with E-state index in [1.165, 1.54) is 17.2 Å². The minimum atomic E-state index is -0.626. The quantitative estimate of drug-likeness (QED) is 0.714. The average Bonchev–Trinajstić information content (AvgIpc) is 2.80. The van der Waals surface area contributed by atoms with Crippen LogP contribution in [0.4, 0.5) is 0 Å². The zero-order valence-electron chi connectivity index (χ0n) is 11.8. The molecule has 0 aromatic heterocycles. The Balaban J connectivity index is 2.72. The monoisotopic (exact) mass is 267 g/mol. The highest BCUT2D eigenvalue weighted by Gasteiger charge is 2.31. The Morgan fingerprint density at radius 3 is 2.37 bits per heavy atom. The van der Waals surface area contributed by atoms with Crippen LogP contribution in [-0.4, -0.2) is 48.2 Å². The fraction of sp³-hybridized carbons (Fsp3) is 0.615. The minimum absolute atomic E-state index is 0.0513. The Hall–Kier alpha value is -1.69. The zero-order chi connectivity index (χ0) is 14.6. The van der Waals surface area contributed by atoms with Crippen LogP contribution in [0.25, 0.3) is 0 Å². The van der Waals surface area contributed by atoms with E-state index in [1.807, 2.05) is 13.8 Å². The first kappa shape index (κ1) is 15.4. The van der Waals surface area contributed by atoms with Crippen molar-refractivity contribution in [2.75, 3.05) is 13.6 Å². The molecule has 6 heteroatoms. The predicted molar refractivity (Wildman–Crippen MR) is 71.2 cm³/mol. The lowest BCUT2D eigenvalue weighted by Gasteiger charge is -2.26. The maximum Gasteiger partial charge on any atom is 0.249 e. The average molecular weight is 267 g/mol. The summed E-state index contributed by atoms with van der Waals surface area (Å²) in [6, 6.07) is -0.997. The van der Waals surface area contributed by atoms with Crippen LogP contribution in [0.2, 0.25) is 0 Å². The lowest BCUT2D eigenvalue weighted by Crippen LogP contribution is -2.53. The molecule has 0 saturated carbocycles. The number of ketones is 1.